The molecule has 1 saturated heterocycles. The van der Waals surface area contributed by atoms with Crippen LogP contribution in [-0.2, 0) is 14.2 Å². The van der Waals surface area contributed by atoms with Crippen LogP contribution in [0.1, 0.15) is 40.5 Å². The van der Waals surface area contributed by atoms with Crippen molar-refractivity contribution < 1.29 is 19.0 Å². The van der Waals surface area contributed by atoms with Gasteiger partial charge in [0.25, 0.3) is 0 Å². The summed E-state index contributed by atoms with van der Waals surface area (Å²) >= 11 is 0. The van der Waals surface area contributed by atoms with E-state index in [4.69, 9.17) is 14.2 Å². The standard InChI is InChI=1S/C20H40N4O4/c1-7-10-23(19(25)28-20(2,3)4)12-9-22-18(21-5)24-11-8-17(15-24)16-27-14-13-26-6/h17H,7-16H2,1-6H3,(H,21,22). The maximum absolute atomic E-state index is 12.4. The van der Waals surface area contributed by atoms with Crippen molar-refractivity contribution in [2.75, 3.05) is 66.7 Å². The van der Waals surface area contributed by atoms with Gasteiger partial charge in [-0.3, -0.25) is 4.99 Å². The Labute approximate surface area is 170 Å². The minimum absolute atomic E-state index is 0.263. The van der Waals surface area contributed by atoms with Crippen molar-refractivity contribution in [1.29, 1.82) is 0 Å². The lowest BCUT2D eigenvalue weighted by atomic mass is 10.1. The van der Waals surface area contributed by atoms with Gasteiger partial charge in [-0.15, -0.1) is 0 Å². The van der Waals surface area contributed by atoms with Crippen LogP contribution in [0.15, 0.2) is 4.99 Å². The van der Waals surface area contributed by atoms with Gasteiger partial charge in [0.2, 0.25) is 0 Å². The monoisotopic (exact) mass is 400 g/mol. The third kappa shape index (κ3) is 9.59. The van der Waals surface area contributed by atoms with E-state index in [2.05, 4.69) is 22.1 Å². The Morgan fingerprint density at radius 1 is 1.29 bits per heavy atom. The summed E-state index contributed by atoms with van der Waals surface area (Å²) in [5.41, 5.74) is -0.484. The molecule has 1 heterocycles. The molecule has 0 saturated carbocycles. The summed E-state index contributed by atoms with van der Waals surface area (Å²) in [4.78, 5) is 20.8. The van der Waals surface area contributed by atoms with Crippen molar-refractivity contribution in [2.45, 2.75) is 46.1 Å². The van der Waals surface area contributed by atoms with Gasteiger partial charge in [0.05, 0.1) is 19.8 Å². The van der Waals surface area contributed by atoms with Gasteiger partial charge in [-0.25, -0.2) is 4.79 Å². The van der Waals surface area contributed by atoms with Gasteiger partial charge in [0.1, 0.15) is 5.60 Å². The highest BCUT2D eigenvalue weighted by atomic mass is 16.6. The average Bonchev–Trinajstić information content (AvgIpc) is 3.08. The molecule has 0 bridgehead atoms. The number of guanidine groups is 1. The van der Waals surface area contributed by atoms with Crippen LogP contribution in [0, 0.1) is 5.92 Å². The number of carbonyl (C=O) groups is 1. The molecule has 28 heavy (non-hydrogen) atoms. The van der Waals surface area contributed by atoms with E-state index >= 15 is 0 Å². The number of methoxy groups -OCH3 is 1. The molecule has 0 aliphatic carbocycles. The van der Waals surface area contributed by atoms with Crippen molar-refractivity contribution in [3.05, 3.63) is 0 Å². The Morgan fingerprint density at radius 3 is 2.64 bits per heavy atom. The summed E-state index contributed by atoms with van der Waals surface area (Å²) in [6.45, 7) is 13.5. The zero-order valence-corrected chi connectivity index (χ0v) is 18.6. The van der Waals surface area contributed by atoms with E-state index in [-0.39, 0.29) is 6.09 Å². The highest BCUT2D eigenvalue weighted by Gasteiger charge is 2.25. The van der Waals surface area contributed by atoms with E-state index < -0.39 is 5.60 Å². The van der Waals surface area contributed by atoms with Crippen molar-refractivity contribution in [3.63, 3.8) is 0 Å². The number of nitrogens with zero attached hydrogens (tertiary/aromatic N) is 3. The molecule has 0 aromatic rings. The summed E-state index contributed by atoms with van der Waals surface area (Å²) in [7, 11) is 3.48. The Morgan fingerprint density at radius 2 is 2.04 bits per heavy atom. The first kappa shape index (κ1) is 24.5. The Balaban J connectivity index is 2.41. The predicted molar refractivity (Wildman–Crippen MR) is 112 cm³/mol. The molecular weight excluding hydrogens is 360 g/mol. The Kier molecular flexibility index (Phi) is 11.2. The molecule has 1 aliphatic rings. The number of ether oxygens (including phenoxy) is 3. The number of carbonyl (C=O) groups excluding carboxylic acids is 1. The molecule has 8 nitrogen and oxygen atoms in total. The molecule has 1 fully saturated rings. The van der Waals surface area contributed by atoms with Crippen LogP contribution in [-0.4, -0.2) is 94.2 Å². The predicted octanol–water partition coefficient (Wildman–Crippen LogP) is 2.19. The number of likely N-dealkylation sites (tertiary alicyclic amines) is 1. The molecule has 1 unspecified atom stereocenters. The Hall–Kier alpha value is -1.54. The quantitative estimate of drug-likeness (QED) is 0.344. The molecule has 1 N–H and O–H groups in total. The normalized spacial score (nSPS) is 17.7. The molecule has 0 aromatic heterocycles. The fourth-order valence-corrected chi connectivity index (χ4v) is 3.08. The summed E-state index contributed by atoms with van der Waals surface area (Å²) in [6.07, 6.45) is 1.72. The van der Waals surface area contributed by atoms with Crippen LogP contribution in [0.3, 0.4) is 0 Å². The molecule has 0 spiro atoms. The van der Waals surface area contributed by atoms with Gasteiger partial charge < -0.3 is 29.3 Å². The number of rotatable bonds is 10. The number of hydrogen-bond acceptors (Lipinski definition) is 5. The highest BCUT2D eigenvalue weighted by molar-refractivity contribution is 5.80. The number of nitrogens with one attached hydrogen (secondary N) is 1. The first-order valence-corrected chi connectivity index (χ1v) is 10.3. The van der Waals surface area contributed by atoms with Crippen LogP contribution in [0.5, 0.6) is 0 Å². The molecular formula is C20H40N4O4. The first-order chi connectivity index (χ1) is 13.3. The second-order valence-electron chi connectivity index (χ2n) is 8.11. The van der Waals surface area contributed by atoms with E-state index in [1.54, 1.807) is 19.1 Å². The molecule has 1 atom stereocenters. The third-order valence-electron chi connectivity index (χ3n) is 4.39. The van der Waals surface area contributed by atoms with Gasteiger partial charge in [-0.2, -0.15) is 0 Å². The zero-order valence-electron chi connectivity index (χ0n) is 18.6. The number of aliphatic imine (C=N–C) groups is 1. The summed E-state index contributed by atoms with van der Waals surface area (Å²) in [5.74, 6) is 1.38. The van der Waals surface area contributed by atoms with Gasteiger partial charge in [-0.05, 0) is 33.6 Å². The van der Waals surface area contributed by atoms with Crippen molar-refractivity contribution in [3.8, 4) is 0 Å². The minimum Gasteiger partial charge on any atom is -0.444 e. The topological polar surface area (TPSA) is 75.6 Å². The maximum Gasteiger partial charge on any atom is 0.410 e. The van der Waals surface area contributed by atoms with Crippen LogP contribution in [0.25, 0.3) is 0 Å². The average molecular weight is 401 g/mol. The molecule has 0 aromatic carbocycles. The van der Waals surface area contributed by atoms with Crippen molar-refractivity contribution in [1.82, 2.24) is 15.1 Å². The minimum atomic E-state index is -0.484. The molecule has 164 valence electrons. The lowest BCUT2D eigenvalue weighted by molar-refractivity contribution is 0.0253. The van der Waals surface area contributed by atoms with Crippen molar-refractivity contribution >= 4 is 12.1 Å². The largest absolute Gasteiger partial charge is 0.444 e. The molecule has 0 radical (unpaired) electrons. The summed E-state index contributed by atoms with van der Waals surface area (Å²) in [6, 6.07) is 0. The first-order valence-electron chi connectivity index (χ1n) is 10.3. The Bertz CT molecular complexity index is 479. The van der Waals surface area contributed by atoms with Gasteiger partial charge >= 0.3 is 6.09 Å². The molecule has 1 amide bonds. The van der Waals surface area contributed by atoms with E-state index in [1.807, 2.05) is 20.8 Å². The smallest absolute Gasteiger partial charge is 0.410 e. The lowest BCUT2D eigenvalue weighted by Crippen LogP contribution is -2.45. The second kappa shape index (κ2) is 12.8. The molecule has 1 aliphatic heterocycles. The molecule has 1 rings (SSSR count). The van der Waals surface area contributed by atoms with E-state index in [0.717, 1.165) is 38.5 Å². The van der Waals surface area contributed by atoms with Crippen molar-refractivity contribution in [2.24, 2.45) is 10.9 Å². The van der Waals surface area contributed by atoms with Crippen LogP contribution < -0.4 is 5.32 Å². The number of hydrogen-bond donors (Lipinski definition) is 1. The zero-order chi connectivity index (χ0) is 21.0. The highest BCUT2D eigenvalue weighted by Crippen LogP contribution is 2.16. The van der Waals surface area contributed by atoms with Crippen LogP contribution >= 0.6 is 0 Å². The van der Waals surface area contributed by atoms with E-state index in [1.165, 1.54) is 0 Å². The maximum atomic E-state index is 12.4. The van der Waals surface area contributed by atoms with E-state index in [0.29, 0.717) is 38.8 Å². The number of amides is 1. The third-order valence-corrected chi connectivity index (χ3v) is 4.39. The second-order valence-corrected chi connectivity index (χ2v) is 8.11. The summed E-state index contributed by atoms with van der Waals surface area (Å²) in [5, 5.41) is 3.38. The fourth-order valence-electron chi connectivity index (χ4n) is 3.08. The van der Waals surface area contributed by atoms with Crippen LogP contribution in [0.2, 0.25) is 0 Å². The van der Waals surface area contributed by atoms with Gasteiger partial charge in [-0.1, -0.05) is 6.92 Å². The molecule has 8 heteroatoms. The lowest BCUT2D eigenvalue weighted by Gasteiger charge is -2.28. The van der Waals surface area contributed by atoms with Gasteiger partial charge in [0.15, 0.2) is 5.96 Å². The van der Waals surface area contributed by atoms with E-state index in [9.17, 15) is 4.79 Å². The summed E-state index contributed by atoms with van der Waals surface area (Å²) < 4.78 is 16.2. The van der Waals surface area contributed by atoms with Crippen LogP contribution in [0.4, 0.5) is 4.79 Å². The fraction of sp³-hybridized carbons (Fsp3) is 0.900. The van der Waals surface area contributed by atoms with Gasteiger partial charge in [0, 0.05) is 52.8 Å². The SMILES string of the molecule is CCCN(CCNC(=NC)N1CCC(COCCOC)C1)C(=O)OC(C)(C)C.